The normalized spacial score (nSPS) is 11.6. The minimum Gasteiger partial charge on any atom is -0.377 e. The fourth-order valence-corrected chi connectivity index (χ4v) is 2.24. The molecule has 2 rings (SSSR count). The van der Waals surface area contributed by atoms with Crippen LogP contribution in [-0.2, 0) is 17.8 Å². The lowest BCUT2D eigenvalue weighted by Gasteiger charge is -2.09. The minimum atomic E-state index is 0.254. The Morgan fingerprint density at radius 2 is 2.17 bits per heavy atom. The highest BCUT2D eigenvalue weighted by atomic mass is 35.5. The van der Waals surface area contributed by atoms with Crippen LogP contribution >= 0.6 is 11.6 Å². The fraction of sp³-hybridized carbons (Fsp3) is 0.429. The van der Waals surface area contributed by atoms with Gasteiger partial charge < -0.3 is 15.0 Å². The summed E-state index contributed by atoms with van der Waals surface area (Å²) in [6, 6.07) is 5.91. The van der Waals surface area contributed by atoms with Crippen LogP contribution in [0.2, 0.25) is 5.02 Å². The van der Waals surface area contributed by atoms with Crippen molar-refractivity contribution in [1.82, 2.24) is 4.57 Å². The number of nitrogens with zero attached hydrogens (tertiary/aromatic N) is 1. The van der Waals surface area contributed by atoms with Crippen molar-refractivity contribution in [1.29, 1.82) is 0 Å². The maximum atomic E-state index is 6.05. The summed E-state index contributed by atoms with van der Waals surface area (Å²) in [4.78, 5) is 0. The van der Waals surface area contributed by atoms with Crippen molar-refractivity contribution in [3.63, 3.8) is 0 Å². The largest absolute Gasteiger partial charge is 0.377 e. The third-order valence-corrected chi connectivity index (χ3v) is 3.17. The van der Waals surface area contributed by atoms with Crippen molar-refractivity contribution >= 4 is 22.5 Å². The van der Waals surface area contributed by atoms with Gasteiger partial charge in [0, 0.05) is 35.2 Å². The predicted molar refractivity (Wildman–Crippen MR) is 75.9 cm³/mol. The Morgan fingerprint density at radius 3 is 2.83 bits per heavy atom. The monoisotopic (exact) mass is 266 g/mol. The van der Waals surface area contributed by atoms with E-state index in [1.54, 1.807) is 0 Å². The molecule has 2 aromatic rings. The molecule has 0 bridgehead atoms. The molecule has 0 radical (unpaired) electrons. The Kier molecular flexibility index (Phi) is 4.27. The van der Waals surface area contributed by atoms with E-state index in [9.17, 15) is 0 Å². The molecule has 0 unspecified atom stereocenters. The lowest BCUT2D eigenvalue weighted by atomic mass is 10.2. The summed E-state index contributed by atoms with van der Waals surface area (Å²) in [6.07, 6.45) is 2.34. The van der Waals surface area contributed by atoms with Crippen LogP contribution in [0.1, 0.15) is 19.4 Å². The van der Waals surface area contributed by atoms with Gasteiger partial charge >= 0.3 is 0 Å². The number of hydrogen-bond acceptors (Lipinski definition) is 2. The van der Waals surface area contributed by atoms with E-state index in [0.29, 0.717) is 13.2 Å². The molecule has 1 heterocycles. The summed E-state index contributed by atoms with van der Waals surface area (Å²) in [5.41, 5.74) is 8.03. The molecule has 1 aromatic heterocycles. The summed E-state index contributed by atoms with van der Waals surface area (Å²) in [6.45, 7) is 6.12. The number of fused-ring (bicyclic) bond motifs is 1. The first-order valence-electron chi connectivity index (χ1n) is 6.20. The fourth-order valence-electron chi connectivity index (χ4n) is 2.08. The molecule has 0 fully saturated rings. The van der Waals surface area contributed by atoms with Gasteiger partial charge in [0.1, 0.15) is 0 Å². The van der Waals surface area contributed by atoms with E-state index in [4.69, 9.17) is 22.1 Å². The van der Waals surface area contributed by atoms with Crippen molar-refractivity contribution in [2.24, 2.45) is 5.73 Å². The molecular weight excluding hydrogens is 248 g/mol. The molecule has 0 saturated heterocycles. The van der Waals surface area contributed by atoms with Crippen molar-refractivity contribution in [2.45, 2.75) is 33.0 Å². The van der Waals surface area contributed by atoms with Crippen LogP contribution in [0.4, 0.5) is 0 Å². The minimum absolute atomic E-state index is 0.254. The first-order valence-corrected chi connectivity index (χ1v) is 6.58. The van der Waals surface area contributed by atoms with Crippen molar-refractivity contribution in [3.8, 4) is 0 Å². The van der Waals surface area contributed by atoms with E-state index in [1.807, 2.05) is 32.0 Å². The molecule has 18 heavy (non-hydrogen) atoms. The zero-order valence-electron chi connectivity index (χ0n) is 10.8. The van der Waals surface area contributed by atoms with Gasteiger partial charge in [-0.2, -0.15) is 0 Å². The Hall–Kier alpha value is -1.03. The standard InChI is InChI=1S/C14H19ClN2O/c1-10(2)18-6-5-17-9-11(8-16)13-4-3-12(15)7-14(13)17/h3-4,7,9-10H,5-6,8,16H2,1-2H3. The lowest BCUT2D eigenvalue weighted by molar-refractivity contribution is 0.0733. The van der Waals surface area contributed by atoms with Gasteiger partial charge in [0.05, 0.1) is 12.7 Å². The number of hydrogen-bond donors (Lipinski definition) is 1. The SMILES string of the molecule is CC(C)OCCn1cc(CN)c2ccc(Cl)cc21. The number of rotatable bonds is 5. The molecule has 1 aromatic carbocycles. The summed E-state index contributed by atoms with van der Waals surface area (Å²) < 4.78 is 7.74. The number of benzene rings is 1. The van der Waals surface area contributed by atoms with E-state index < -0.39 is 0 Å². The van der Waals surface area contributed by atoms with E-state index in [1.165, 1.54) is 5.39 Å². The maximum absolute atomic E-state index is 6.05. The zero-order valence-corrected chi connectivity index (χ0v) is 11.6. The van der Waals surface area contributed by atoms with Crippen molar-refractivity contribution in [2.75, 3.05) is 6.61 Å². The summed E-state index contributed by atoms with van der Waals surface area (Å²) in [7, 11) is 0. The second kappa shape index (κ2) is 5.74. The molecule has 98 valence electrons. The van der Waals surface area contributed by atoms with Gasteiger partial charge in [0.2, 0.25) is 0 Å². The number of halogens is 1. The summed E-state index contributed by atoms with van der Waals surface area (Å²) >= 11 is 6.05. The third-order valence-electron chi connectivity index (χ3n) is 2.93. The van der Waals surface area contributed by atoms with Crippen molar-refractivity contribution in [3.05, 3.63) is 35.0 Å². The molecule has 0 atom stereocenters. The molecule has 0 aliphatic heterocycles. The first-order chi connectivity index (χ1) is 8.61. The van der Waals surface area contributed by atoms with E-state index in [2.05, 4.69) is 10.8 Å². The van der Waals surface area contributed by atoms with E-state index in [-0.39, 0.29) is 6.10 Å². The van der Waals surface area contributed by atoms with Crippen LogP contribution in [0.25, 0.3) is 10.9 Å². The molecule has 0 aliphatic rings. The second-order valence-corrected chi connectivity index (χ2v) is 5.07. The zero-order chi connectivity index (χ0) is 13.1. The maximum Gasteiger partial charge on any atom is 0.0649 e. The van der Waals surface area contributed by atoms with Gasteiger partial charge in [-0.05, 0) is 31.5 Å². The van der Waals surface area contributed by atoms with Crippen molar-refractivity contribution < 1.29 is 4.74 Å². The topological polar surface area (TPSA) is 40.2 Å². The number of aromatic nitrogens is 1. The van der Waals surface area contributed by atoms with E-state index in [0.717, 1.165) is 22.6 Å². The Labute approximate surface area is 112 Å². The highest BCUT2D eigenvalue weighted by molar-refractivity contribution is 6.31. The molecular formula is C14H19ClN2O. The smallest absolute Gasteiger partial charge is 0.0649 e. The highest BCUT2D eigenvalue weighted by Crippen LogP contribution is 2.24. The molecule has 0 aliphatic carbocycles. The third kappa shape index (κ3) is 2.86. The van der Waals surface area contributed by atoms with Gasteiger partial charge in [-0.1, -0.05) is 17.7 Å². The Bertz CT molecular complexity index is 534. The molecule has 3 nitrogen and oxygen atoms in total. The highest BCUT2D eigenvalue weighted by Gasteiger charge is 2.08. The van der Waals surface area contributed by atoms with Gasteiger partial charge in [0.25, 0.3) is 0 Å². The second-order valence-electron chi connectivity index (χ2n) is 4.63. The quantitative estimate of drug-likeness (QED) is 0.903. The van der Waals surface area contributed by atoms with Crippen LogP contribution in [0.3, 0.4) is 0 Å². The van der Waals surface area contributed by atoms with Crippen LogP contribution in [-0.4, -0.2) is 17.3 Å². The van der Waals surface area contributed by atoms with Crippen LogP contribution < -0.4 is 5.73 Å². The number of nitrogens with two attached hydrogens (primary N) is 1. The van der Waals surface area contributed by atoms with Gasteiger partial charge in [-0.25, -0.2) is 0 Å². The summed E-state index contributed by atoms with van der Waals surface area (Å²) in [5.74, 6) is 0. The molecule has 4 heteroatoms. The number of ether oxygens (including phenoxy) is 1. The molecule has 0 amide bonds. The van der Waals surface area contributed by atoms with E-state index >= 15 is 0 Å². The summed E-state index contributed by atoms with van der Waals surface area (Å²) in [5, 5.41) is 1.92. The predicted octanol–water partition coefficient (Wildman–Crippen LogP) is 3.18. The average Bonchev–Trinajstić information content (AvgIpc) is 2.66. The van der Waals surface area contributed by atoms with Gasteiger partial charge in [0.15, 0.2) is 0 Å². The van der Waals surface area contributed by atoms with Gasteiger partial charge in [-0.3, -0.25) is 0 Å². The van der Waals surface area contributed by atoms with Gasteiger partial charge in [-0.15, -0.1) is 0 Å². The molecule has 2 N–H and O–H groups in total. The van der Waals surface area contributed by atoms with Crippen LogP contribution in [0, 0.1) is 0 Å². The Balaban J connectivity index is 2.28. The van der Waals surface area contributed by atoms with Crippen LogP contribution in [0.15, 0.2) is 24.4 Å². The lowest BCUT2D eigenvalue weighted by Crippen LogP contribution is -2.09. The first kappa shape index (κ1) is 13.4. The molecule has 0 spiro atoms. The Morgan fingerprint density at radius 1 is 1.39 bits per heavy atom. The molecule has 0 saturated carbocycles. The average molecular weight is 267 g/mol. The van der Waals surface area contributed by atoms with Crippen LogP contribution in [0.5, 0.6) is 0 Å².